The van der Waals surface area contributed by atoms with Crippen LogP contribution in [0.5, 0.6) is 0 Å². The van der Waals surface area contributed by atoms with E-state index < -0.39 is 28.6 Å². The van der Waals surface area contributed by atoms with E-state index in [1.807, 2.05) is 0 Å². The molecule has 0 saturated heterocycles. The van der Waals surface area contributed by atoms with Crippen molar-refractivity contribution in [3.63, 3.8) is 0 Å². The Labute approximate surface area is 168 Å². The van der Waals surface area contributed by atoms with Crippen LogP contribution in [0, 0.1) is 10.1 Å². The summed E-state index contributed by atoms with van der Waals surface area (Å²) < 4.78 is 9.97. The van der Waals surface area contributed by atoms with Crippen LogP contribution in [0.1, 0.15) is 26.3 Å². The zero-order valence-electron chi connectivity index (χ0n) is 16.7. The summed E-state index contributed by atoms with van der Waals surface area (Å²) in [5.41, 5.74) is 1.41. The molecule has 2 aromatic rings. The van der Waals surface area contributed by atoms with Gasteiger partial charge in [0.25, 0.3) is 5.69 Å². The molecular weight excluding hydrogens is 378 g/mol. The van der Waals surface area contributed by atoms with Crippen LogP contribution in [-0.2, 0) is 20.7 Å². The lowest BCUT2D eigenvalue weighted by atomic mass is 10.0. The van der Waals surface area contributed by atoms with Crippen molar-refractivity contribution in [1.29, 1.82) is 0 Å². The number of pyridine rings is 1. The molecule has 0 spiro atoms. The maximum absolute atomic E-state index is 12.1. The van der Waals surface area contributed by atoms with Crippen molar-refractivity contribution in [3.05, 3.63) is 58.4 Å². The van der Waals surface area contributed by atoms with Crippen molar-refractivity contribution < 1.29 is 24.0 Å². The molecule has 0 bridgehead atoms. The summed E-state index contributed by atoms with van der Waals surface area (Å²) >= 11 is 0. The predicted octanol–water partition coefficient (Wildman–Crippen LogP) is 3.27. The number of nitrogens with one attached hydrogen (secondary N) is 1. The third kappa shape index (κ3) is 6.56. The normalized spacial score (nSPS) is 12.0. The fourth-order valence-corrected chi connectivity index (χ4v) is 2.55. The van der Waals surface area contributed by atoms with Gasteiger partial charge in [0.1, 0.15) is 11.6 Å². The second kappa shape index (κ2) is 9.13. The molecule has 0 fully saturated rings. The Kier molecular flexibility index (Phi) is 6.87. The van der Waals surface area contributed by atoms with E-state index in [0.29, 0.717) is 5.56 Å². The molecule has 1 N–H and O–H groups in total. The standard InChI is InChI=1S/C20H23N3O6/c1-20(2,3)29-19(25)22-17(18(24)28-4)10-13-9-15(12-21-11-13)14-5-7-16(8-6-14)23(26)27/h5-9,11-12,17H,10H2,1-4H3,(H,22,25)/t17-/m0/s1. The number of hydrogen-bond donors (Lipinski definition) is 1. The highest BCUT2D eigenvalue weighted by Crippen LogP contribution is 2.23. The number of nitro groups is 1. The van der Waals surface area contributed by atoms with Crippen LogP contribution in [0.4, 0.5) is 10.5 Å². The Balaban J connectivity index is 2.19. The van der Waals surface area contributed by atoms with E-state index in [4.69, 9.17) is 9.47 Å². The van der Waals surface area contributed by atoms with E-state index in [-0.39, 0.29) is 12.1 Å². The lowest BCUT2D eigenvalue weighted by Gasteiger charge is -2.22. The third-order valence-corrected chi connectivity index (χ3v) is 3.82. The van der Waals surface area contributed by atoms with Gasteiger partial charge in [-0.05, 0) is 50.1 Å². The number of methoxy groups -OCH3 is 1. The highest BCUT2D eigenvalue weighted by atomic mass is 16.6. The molecular formula is C20H23N3O6. The first-order valence-electron chi connectivity index (χ1n) is 8.85. The minimum absolute atomic E-state index is 0.00909. The van der Waals surface area contributed by atoms with E-state index in [1.165, 1.54) is 19.2 Å². The van der Waals surface area contributed by atoms with Gasteiger partial charge in [-0.25, -0.2) is 9.59 Å². The SMILES string of the molecule is COC(=O)[C@H](Cc1cncc(-c2ccc([N+](=O)[O-])cc2)c1)NC(=O)OC(C)(C)C. The monoisotopic (exact) mass is 401 g/mol. The molecule has 1 heterocycles. The molecule has 0 radical (unpaired) electrons. The predicted molar refractivity (Wildman–Crippen MR) is 105 cm³/mol. The molecule has 9 nitrogen and oxygen atoms in total. The minimum Gasteiger partial charge on any atom is -0.467 e. The second-order valence-corrected chi connectivity index (χ2v) is 7.31. The van der Waals surface area contributed by atoms with Crippen LogP contribution in [0.15, 0.2) is 42.7 Å². The van der Waals surface area contributed by atoms with E-state index in [1.54, 1.807) is 51.4 Å². The molecule has 1 aromatic heterocycles. The van der Waals surface area contributed by atoms with E-state index in [9.17, 15) is 19.7 Å². The number of carbonyl (C=O) groups excluding carboxylic acids is 2. The smallest absolute Gasteiger partial charge is 0.408 e. The molecule has 29 heavy (non-hydrogen) atoms. The number of aromatic nitrogens is 1. The summed E-state index contributed by atoms with van der Waals surface area (Å²) in [6.45, 7) is 5.16. The number of rotatable bonds is 6. The van der Waals surface area contributed by atoms with Gasteiger partial charge in [-0.2, -0.15) is 0 Å². The number of nitrogens with zero attached hydrogens (tertiary/aromatic N) is 2. The molecule has 0 saturated carbocycles. The number of esters is 1. The summed E-state index contributed by atoms with van der Waals surface area (Å²) in [6, 6.07) is 6.89. The Morgan fingerprint density at radius 3 is 2.38 bits per heavy atom. The molecule has 9 heteroatoms. The maximum atomic E-state index is 12.1. The van der Waals surface area contributed by atoms with Crippen molar-refractivity contribution in [2.75, 3.05) is 7.11 Å². The lowest BCUT2D eigenvalue weighted by Crippen LogP contribution is -2.45. The van der Waals surface area contributed by atoms with Gasteiger partial charge in [-0.1, -0.05) is 0 Å². The van der Waals surface area contributed by atoms with E-state index >= 15 is 0 Å². The molecule has 154 valence electrons. The van der Waals surface area contributed by atoms with Crippen molar-refractivity contribution in [1.82, 2.24) is 10.3 Å². The second-order valence-electron chi connectivity index (χ2n) is 7.31. The molecule has 1 amide bonds. The van der Waals surface area contributed by atoms with Crippen LogP contribution in [0.2, 0.25) is 0 Å². The van der Waals surface area contributed by atoms with Crippen molar-refractivity contribution in [3.8, 4) is 11.1 Å². The number of hydrogen-bond acceptors (Lipinski definition) is 7. The molecule has 1 aromatic carbocycles. The molecule has 0 aliphatic carbocycles. The fraction of sp³-hybridized carbons (Fsp3) is 0.350. The van der Waals surface area contributed by atoms with Gasteiger partial charge in [0.05, 0.1) is 12.0 Å². The Bertz CT molecular complexity index is 890. The third-order valence-electron chi connectivity index (χ3n) is 3.82. The van der Waals surface area contributed by atoms with Gasteiger partial charge >= 0.3 is 12.1 Å². The Hall–Kier alpha value is -3.49. The van der Waals surface area contributed by atoms with Gasteiger partial charge in [0.15, 0.2) is 0 Å². The zero-order valence-corrected chi connectivity index (χ0v) is 16.7. The first-order chi connectivity index (χ1) is 13.6. The zero-order chi connectivity index (χ0) is 21.6. The summed E-state index contributed by atoms with van der Waals surface area (Å²) in [5, 5.41) is 13.3. The Morgan fingerprint density at radius 2 is 1.83 bits per heavy atom. The van der Waals surface area contributed by atoms with E-state index in [2.05, 4.69) is 10.3 Å². The number of ether oxygens (including phenoxy) is 2. The van der Waals surface area contributed by atoms with Gasteiger partial charge in [-0.15, -0.1) is 0 Å². The summed E-state index contributed by atoms with van der Waals surface area (Å²) in [4.78, 5) is 38.6. The van der Waals surface area contributed by atoms with Crippen LogP contribution >= 0.6 is 0 Å². The summed E-state index contributed by atoms with van der Waals surface area (Å²) in [5.74, 6) is -0.614. The average molecular weight is 401 g/mol. The minimum atomic E-state index is -0.955. The van der Waals surface area contributed by atoms with Crippen molar-refractivity contribution in [2.45, 2.75) is 38.8 Å². The first kappa shape index (κ1) is 21.8. The van der Waals surface area contributed by atoms with Crippen LogP contribution in [0.25, 0.3) is 11.1 Å². The number of benzene rings is 1. The van der Waals surface area contributed by atoms with Crippen molar-refractivity contribution >= 4 is 17.7 Å². The Morgan fingerprint density at radius 1 is 1.17 bits per heavy atom. The van der Waals surface area contributed by atoms with Gasteiger partial charge < -0.3 is 14.8 Å². The van der Waals surface area contributed by atoms with Crippen LogP contribution in [0.3, 0.4) is 0 Å². The molecule has 0 aliphatic heterocycles. The maximum Gasteiger partial charge on any atom is 0.408 e. The lowest BCUT2D eigenvalue weighted by molar-refractivity contribution is -0.384. The average Bonchev–Trinajstić information content (AvgIpc) is 2.65. The topological polar surface area (TPSA) is 121 Å². The molecule has 1 atom stereocenters. The number of carbonyl (C=O) groups is 2. The highest BCUT2D eigenvalue weighted by Gasteiger charge is 2.25. The fourth-order valence-electron chi connectivity index (χ4n) is 2.55. The highest BCUT2D eigenvalue weighted by molar-refractivity contribution is 5.81. The van der Waals surface area contributed by atoms with Crippen molar-refractivity contribution in [2.24, 2.45) is 0 Å². The molecule has 0 aliphatic rings. The largest absolute Gasteiger partial charge is 0.467 e. The van der Waals surface area contributed by atoms with Crippen LogP contribution in [-0.4, -0.2) is 40.7 Å². The van der Waals surface area contributed by atoms with Gasteiger partial charge in [-0.3, -0.25) is 15.1 Å². The van der Waals surface area contributed by atoms with Crippen LogP contribution < -0.4 is 5.32 Å². The number of amides is 1. The summed E-state index contributed by atoms with van der Waals surface area (Å²) in [6.07, 6.45) is 2.59. The first-order valence-corrected chi connectivity index (χ1v) is 8.85. The van der Waals surface area contributed by atoms with Gasteiger partial charge in [0.2, 0.25) is 0 Å². The number of alkyl carbamates (subject to hydrolysis) is 1. The van der Waals surface area contributed by atoms with E-state index in [0.717, 1.165) is 11.1 Å². The number of nitro benzene ring substituents is 1. The van der Waals surface area contributed by atoms with Gasteiger partial charge in [0, 0.05) is 36.5 Å². The molecule has 2 rings (SSSR count). The quantitative estimate of drug-likeness (QED) is 0.448. The summed E-state index contributed by atoms with van der Waals surface area (Å²) in [7, 11) is 1.23. The molecule has 0 unspecified atom stereocenters. The number of non-ortho nitro benzene ring substituents is 1.